The van der Waals surface area contributed by atoms with Gasteiger partial charge >= 0.3 is 0 Å². The van der Waals surface area contributed by atoms with Crippen LogP contribution in [0.3, 0.4) is 0 Å². The summed E-state index contributed by atoms with van der Waals surface area (Å²) in [4.78, 5) is 27.0. The number of hydrogen-bond acceptors (Lipinski definition) is 3. The first kappa shape index (κ1) is 18.0. The molecule has 0 unspecified atom stereocenters. The fourth-order valence-electron chi connectivity index (χ4n) is 3.68. The Hall–Kier alpha value is -2.40. The molecule has 27 heavy (non-hydrogen) atoms. The zero-order chi connectivity index (χ0) is 18.8. The van der Waals surface area contributed by atoms with Crippen molar-refractivity contribution in [2.75, 3.05) is 13.1 Å². The molecule has 138 valence electrons. The van der Waals surface area contributed by atoms with Gasteiger partial charge in [0.1, 0.15) is 5.58 Å². The standard InChI is InChI=1S/C22H20BrNO3/c23-17-6-7-20-18(13-17)19(25)14-21(27-20)22(26)24-10-8-16(9-11-24)12-15-4-2-1-3-5-15/h1-7,13-14,16H,8-12H2. The summed E-state index contributed by atoms with van der Waals surface area (Å²) in [6, 6.07) is 17.0. The number of piperidine rings is 1. The highest BCUT2D eigenvalue weighted by Crippen LogP contribution is 2.24. The summed E-state index contributed by atoms with van der Waals surface area (Å²) in [5.41, 5.74) is 1.59. The molecule has 2 aromatic carbocycles. The lowest BCUT2D eigenvalue weighted by Gasteiger charge is -2.31. The zero-order valence-electron chi connectivity index (χ0n) is 14.9. The van der Waals surface area contributed by atoms with Crippen LogP contribution in [0.5, 0.6) is 0 Å². The topological polar surface area (TPSA) is 50.5 Å². The van der Waals surface area contributed by atoms with Crippen LogP contribution in [-0.2, 0) is 6.42 Å². The van der Waals surface area contributed by atoms with Gasteiger partial charge in [-0.3, -0.25) is 9.59 Å². The van der Waals surface area contributed by atoms with Crippen LogP contribution in [0.2, 0.25) is 0 Å². The second-order valence-electron chi connectivity index (χ2n) is 7.04. The molecule has 1 aromatic heterocycles. The Labute approximate surface area is 165 Å². The number of amides is 1. The van der Waals surface area contributed by atoms with E-state index in [2.05, 4.69) is 40.2 Å². The van der Waals surface area contributed by atoms with Crippen molar-refractivity contribution in [3.8, 4) is 0 Å². The minimum Gasteiger partial charge on any atom is -0.451 e. The van der Waals surface area contributed by atoms with Crippen LogP contribution in [0.4, 0.5) is 0 Å². The zero-order valence-corrected chi connectivity index (χ0v) is 16.4. The lowest BCUT2D eigenvalue weighted by molar-refractivity contribution is 0.0659. The second-order valence-corrected chi connectivity index (χ2v) is 7.96. The van der Waals surface area contributed by atoms with Crippen LogP contribution in [0.15, 0.2) is 68.3 Å². The van der Waals surface area contributed by atoms with Gasteiger partial charge in [0, 0.05) is 23.6 Å². The van der Waals surface area contributed by atoms with Gasteiger partial charge in [-0.2, -0.15) is 0 Å². The number of hydrogen-bond donors (Lipinski definition) is 0. The van der Waals surface area contributed by atoms with E-state index in [0.717, 1.165) is 23.7 Å². The van der Waals surface area contributed by atoms with E-state index in [9.17, 15) is 9.59 Å². The summed E-state index contributed by atoms with van der Waals surface area (Å²) in [7, 11) is 0. The number of fused-ring (bicyclic) bond motifs is 1. The minimum absolute atomic E-state index is 0.122. The van der Waals surface area contributed by atoms with E-state index in [4.69, 9.17) is 4.42 Å². The van der Waals surface area contributed by atoms with Gasteiger partial charge in [0.05, 0.1) is 5.39 Å². The SMILES string of the molecule is O=C(c1cc(=O)c2cc(Br)ccc2o1)N1CCC(Cc2ccccc2)CC1. The monoisotopic (exact) mass is 425 g/mol. The molecule has 4 rings (SSSR count). The quantitative estimate of drug-likeness (QED) is 0.613. The van der Waals surface area contributed by atoms with Crippen molar-refractivity contribution in [2.24, 2.45) is 5.92 Å². The maximum Gasteiger partial charge on any atom is 0.289 e. The number of nitrogens with zero attached hydrogens (tertiary/aromatic N) is 1. The molecular weight excluding hydrogens is 406 g/mol. The normalized spacial score (nSPS) is 15.2. The van der Waals surface area contributed by atoms with Crippen LogP contribution >= 0.6 is 15.9 Å². The Morgan fingerprint density at radius 2 is 1.81 bits per heavy atom. The third kappa shape index (κ3) is 3.98. The molecule has 5 heteroatoms. The second kappa shape index (κ2) is 7.69. The molecule has 1 amide bonds. The molecular formula is C22H20BrNO3. The summed E-state index contributed by atoms with van der Waals surface area (Å²) < 4.78 is 6.53. The average Bonchev–Trinajstić information content (AvgIpc) is 2.69. The summed E-state index contributed by atoms with van der Waals surface area (Å²) in [6.07, 6.45) is 2.97. The smallest absolute Gasteiger partial charge is 0.289 e. The Morgan fingerprint density at radius 1 is 1.07 bits per heavy atom. The van der Waals surface area contributed by atoms with Crippen molar-refractivity contribution in [3.63, 3.8) is 0 Å². The number of carbonyl (C=O) groups is 1. The first-order chi connectivity index (χ1) is 13.1. The number of rotatable bonds is 3. The third-order valence-electron chi connectivity index (χ3n) is 5.17. The molecule has 0 saturated carbocycles. The molecule has 0 aliphatic carbocycles. The van der Waals surface area contributed by atoms with Crippen LogP contribution in [0.25, 0.3) is 11.0 Å². The Kier molecular flexibility index (Phi) is 5.12. The van der Waals surface area contributed by atoms with Crippen LogP contribution in [0.1, 0.15) is 29.0 Å². The van der Waals surface area contributed by atoms with Gasteiger partial charge in [0.2, 0.25) is 0 Å². The molecule has 2 heterocycles. The van der Waals surface area contributed by atoms with E-state index < -0.39 is 0 Å². The van der Waals surface area contributed by atoms with E-state index in [1.54, 1.807) is 23.1 Å². The molecule has 1 aliphatic rings. The molecule has 0 atom stereocenters. The van der Waals surface area contributed by atoms with Crippen LogP contribution in [0, 0.1) is 5.92 Å². The van der Waals surface area contributed by atoms with Crippen LogP contribution in [-0.4, -0.2) is 23.9 Å². The van der Waals surface area contributed by atoms with E-state index in [-0.39, 0.29) is 17.1 Å². The first-order valence-electron chi connectivity index (χ1n) is 9.17. The van der Waals surface area contributed by atoms with Crippen molar-refractivity contribution < 1.29 is 9.21 Å². The van der Waals surface area contributed by atoms with Gasteiger partial charge in [-0.25, -0.2) is 0 Å². The Balaban J connectivity index is 1.46. The Morgan fingerprint density at radius 3 is 2.56 bits per heavy atom. The third-order valence-corrected chi connectivity index (χ3v) is 5.66. The lowest BCUT2D eigenvalue weighted by Crippen LogP contribution is -2.39. The highest BCUT2D eigenvalue weighted by atomic mass is 79.9. The molecule has 0 bridgehead atoms. The molecule has 0 spiro atoms. The highest BCUT2D eigenvalue weighted by Gasteiger charge is 2.25. The lowest BCUT2D eigenvalue weighted by atomic mass is 9.90. The van der Waals surface area contributed by atoms with Crippen molar-refractivity contribution in [2.45, 2.75) is 19.3 Å². The van der Waals surface area contributed by atoms with Crippen molar-refractivity contribution in [1.82, 2.24) is 4.90 Å². The fourth-order valence-corrected chi connectivity index (χ4v) is 4.04. The maximum atomic E-state index is 12.8. The molecule has 1 saturated heterocycles. The summed E-state index contributed by atoms with van der Waals surface area (Å²) in [6.45, 7) is 1.39. The van der Waals surface area contributed by atoms with Gasteiger partial charge < -0.3 is 9.32 Å². The van der Waals surface area contributed by atoms with E-state index in [0.29, 0.717) is 30.0 Å². The number of halogens is 1. The largest absolute Gasteiger partial charge is 0.451 e. The van der Waals surface area contributed by atoms with E-state index in [1.807, 2.05) is 6.07 Å². The van der Waals surface area contributed by atoms with Gasteiger partial charge in [-0.1, -0.05) is 46.3 Å². The molecule has 0 N–H and O–H groups in total. The van der Waals surface area contributed by atoms with Gasteiger partial charge in [-0.05, 0) is 48.9 Å². The minimum atomic E-state index is -0.199. The number of carbonyl (C=O) groups excluding carboxylic acids is 1. The summed E-state index contributed by atoms with van der Waals surface area (Å²) in [5, 5.41) is 0.475. The molecule has 0 radical (unpaired) electrons. The predicted octanol–water partition coefficient (Wildman–Crippen LogP) is 4.65. The fraction of sp³-hybridized carbons (Fsp3) is 0.273. The average molecular weight is 426 g/mol. The van der Waals surface area contributed by atoms with E-state index in [1.165, 1.54) is 11.6 Å². The molecule has 1 aliphatic heterocycles. The number of benzene rings is 2. The highest BCUT2D eigenvalue weighted by molar-refractivity contribution is 9.10. The predicted molar refractivity (Wildman–Crippen MR) is 109 cm³/mol. The van der Waals surface area contributed by atoms with E-state index >= 15 is 0 Å². The van der Waals surface area contributed by atoms with Gasteiger partial charge in [0.25, 0.3) is 5.91 Å². The molecule has 4 nitrogen and oxygen atoms in total. The Bertz CT molecular complexity index is 1020. The summed E-state index contributed by atoms with van der Waals surface area (Å²) in [5.74, 6) is 0.504. The van der Waals surface area contributed by atoms with Gasteiger partial charge in [0.15, 0.2) is 11.2 Å². The maximum absolute atomic E-state index is 12.8. The van der Waals surface area contributed by atoms with Crippen LogP contribution < -0.4 is 5.43 Å². The van der Waals surface area contributed by atoms with Crippen molar-refractivity contribution in [1.29, 1.82) is 0 Å². The first-order valence-corrected chi connectivity index (χ1v) is 9.96. The van der Waals surface area contributed by atoms with Crippen molar-refractivity contribution >= 4 is 32.8 Å². The van der Waals surface area contributed by atoms with Crippen molar-refractivity contribution in [3.05, 3.63) is 80.6 Å². The molecule has 1 fully saturated rings. The number of likely N-dealkylation sites (tertiary alicyclic amines) is 1. The van der Waals surface area contributed by atoms with Gasteiger partial charge in [-0.15, -0.1) is 0 Å². The summed E-state index contributed by atoms with van der Waals surface area (Å²) >= 11 is 3.35. The molecule has 3 aromatic rings.